The second-order valence-corrected chi connectivity index (χ2v) is 3.94. The van der Waals surface area contributed by atoms with Crippen molar-refractivity contribution in [3.63, 3.8) is 0 Å². The minimum absolute atomic E-state index is 0.180. The molecule has 0 aliphatic rings. The van der Waals surface area contributed by atoms with E-state index in [-0.39, 0.29) is 13.0 Å². The topological polar surface area (TPSA) is 40.6 Å². The first kappa shape index (κ1) is 16.7. The summed E-state index contributed by atoms with van der Waals surface area (Å²) in [5.41, 5.74) is 0. The molecule has 4 nitrogen and oxygen atoms in total. The summed E-state index contributed by atoms with van der Waals surface area (Å²) >= 11 is 0. The Morgan fingerprint density at radius 3 is 2.06 bits per heavy atom. The first-order chi connectivity index (χ1) is 8.14. The molecule has 0 atom stereocenters. The Balaban J connectivity index is 4.90. The average Bonchev–Trinajstić information content (AvgIpc) is 2.26. The van der Waals surface area contributed by atoms with Crippen molar-refractivity contribution in [2.24, 2.45) is 0 Å². The lowest BCUT2D eigenvalue weighted by Gasteiger charge is -2.26. The molecule has 0 saturated carbocycles. The van der Waals surface area contributed by atoms with Crippen molar-refractivity contribution in [1.82, 2.24) is 9.80 Å². The van der Waals surface area contributed by atoms with Gasteiger partial charge in [-0.15, -0.1) is 0 Å². The second kappa shape index (κ2) is 6.55. The zero-order valence-electron chi connectivity index (χ0n) is 10.4. The van der Waals surface area contributed by atoms with Gasteiger partial charge in [-0.1, -0.05) is 6.92 Å². The van der Waals surface area contributed by atoms with Crippen LogP contribution in [-0.4, -0.2) is 61.1 Å². The maximum atomic E-state index is 12.9. The summed E-state index contributed by atoms with van der Waals surface area (Å²) in [6.07, 6.45) is -3.80. The molecule has 0 fully saturated rings. The van der Waals surface area contributed by atoms with Crippen molar-refractivity contribution >= 4 is 11.8 Å². The minimum atomic E-state index is -4.76. The Hall–Kier alpha value is -1.34. The van der Waals surface area contributed by atoms with Gasteiger partial charge >= 0.3 is 12.3 Å². The van der Waals surface area contributed by atoms with Crippen LogP contribution >= 0.6 is 0 Å². The quantitative estimate of drug-likeness (QED) is 0.682. The Morgan fingerprint density at radius 1 is 1.22 bits per heavy atom. The van der Waals surface area contributed by atoms with E-state index in [0.29, 0.717) is 4.90 Å². The third-order valence-corrected chi connectivity index (χ3v) is 2.16. The lowest BCUT2D eigenvalue weighted by molar-refractivity contribution is -0.181. The fourth-order valence-electron chi connectivity index (χ4n) is 1.13. The van der Waals surface area contributed by atoms with Crippen LogP contribution in [0.15, 0.2) is 0 Å². The molecule has 0 aliphatic heterocycles. The molecule has 0 rings (SSSR count). The van der Waals surface area contributed by atoms with Gasteiger partial charge in [0, 0.05) is 20.6 Å². The van der Waals surface area contributed by atoms with Gasteiger partial charge in [0.1, 0.15) is 0 Å². The van der Waals surface area contributed by atoms with E-state index in [4.69, 9.17) is 0 Å². The average molecular weight is 272 g/mol. The molecule has 0 aliphatic carbocycles. The predicted octanol–water partition coefficient (Wildman–Crippen LogP) is 1.21. The summed E-state index contributed by atoms with van der Waals surface area (Å²) in [6, 6.07) is 0. The largest absolute Gasteiger partial charge is 0.383 e. The highest BCUT2D eigenvalue weighted by Gasteiger charge is 2.51. The van der Waals surface area contributed by atoms with Crippen LogP contribution in [0.25, 0.3) is 0 Å². The Bertz CT molecular complexity index is 308. The zero-order valence-corrected chi connectivity index (χ0v) is 10.4. The number of alkyl halides is 4. The number of amides is 2. The van der Waals surface area contributed by atoms with Gasteiger partial charge in [0.25, 0.3) is 5.91 Å². The van der Waals surface area contributed by atoms with Crippen molar-refractivity contribution < 1.29 is 27.2 Å². The summed E-state index contributed by atoms with van der Waals surface area (Å²) in [6.45, 7) is 0.767. The number of halogens is 4. The van der Waals surface area contributed by atoms with Gasteiger partial charge in [0.15, 0.2) is 0 Å². The van der Waals surface area contributed by atoms with E-state index in [1.165, 1.54) is 14.1 Å². The van der Waals surface area contributed by atoms with E-state index in [2.05, 4.69) is 0 Å². The van der Waals surface area contributed by atoms with Gasteiger partial charge in [-0.3, -0.25) is 9.59 Å². The van der Waals surface area contributed by atoms with Crippen LogP contribution in [-0.2, 0) is 9.59 Å². The number of hydrogen-bond donors (Lipinski definition) is 0. The summed E-state index contributed by atoms with van der Waals surface area (Å²) in [5.74, 6) is -7.39. The second-order valence-electron chi connectivity index (χ2n) is 3.94. The maximum Gasteiger partial charge on any atom is 0.383 e. The fourth-order valence-corrected chi connectivity index (χ4v) is 1.13. The first-order valence-electron chi connectivity index (χ1n) is 5.30. The third-order valence-electron chi connectivity index (χ3n) is 2.16. The molecule has 0 aromatic carbocycles. The molecule has 0 saturated heterocycles. The summed E-state index contributed by atoms with van der Waals surface area (Å²) in [5, 5.41) is 0. The van der Waals surface area contributed by atoms with Gasteiger partial charge in [0.2, 0.25) is 5.91 Å². The van der Waals surface area contributed by atoms with E-state index in [1.807, 2.05) is 0 Å². The number of carbonyl (C=O) groups excluding carboxylic acids is 2. The molecule has 2 amide bonds. The van der Waals surface area contributed by atoms with Gasteiger partial charge in [0.05, 0.1) is 6.54 Å². The molecule has 8 heteroatoms. The lowest BCUT2D eigenvalue weighted by Crippen LogP contribution is -2.50. The highest BCUT2D eigenvalue weighted by atomic mass is 19.3. The van der Waals surface area contributed by atoms with E-state index in [0.717, 1.165) is 4.90 Å². The van der Waals surface area contributed by atoms with Gasteiger partial charge in [-0.05, 0) is 6.42 Å². The highest BCUT2D eigenvalue weighted by Crippen LogP contribution is 2.25. The molecule has 0 bridgehead atoms. The Morgan fingerprint density at radius 2 is 1.72 bits per heavy atom. The third kappa shape index (κ3) is 4.15. The normalized spacial score (nSPS) is 11.6. The number of nitrogens with zero attached hydrogens (tertiary/aromatic N) is 2. The number of likely N-dealkylation sites (N-methyl/N-ethyl adjacent to an activating group) is 1. The smallest absolute Gasteiger partial charge is 0.347 e. The molecule has 18 heavy (non-hydrogen) atoms. The zero-order chi connectivity index (χ0) is 14.5. The van der Waals surface area contributed by atoms with Crippen LogP contribution in [0.3, 0.4) is 0 Å². The lowest BCUT2D eigenvalue weighted by atomic mass is 10.2. The number of rotatable bonds is 6. The standard InChI is InChI=1S/C10H16F4N2O2/c1-4-5-16(6-7(17)15(2)3)9(18)10(13,14)8(11)12/h8H,4-6H2,1-3H3. The van der Waals surface area contributed by atoms with Crippen LogP contribution in [0, 0.1) is 0 Å². The Kier molecular flexibility index (Phi) is 6.07. The fraction of sp³-hybridized carbons (Fsp3) is 0.800. The molecule has 0 spiro atoms. The van der Waals surface area contributed by atoms with E-state index >= 15 is 0 Å². The van der Waals surface area contributed by atoms with Crippen molar-refractivity contribution in [3.05, 3.63) is 0 Å². The highest BCUT2D eigenvalue weighted by molar-refractivity contribution is 5.88. The van der Waals surface area contributed by atoms with Gasteiger partial charge in [-0.2, -0.15) is 8.78 Å². The van der Waals surface area contributed by atoms with Crippen LogP contribution < -0.4 is 0 Å². The molecule has 0 radical (unpaired) electrons. The molecular formula is C10H16F4N2O2. The monoisotopic (exact) mass is 272 g/mol. The molecule has 0 heterocycles. The van der Waals surface area contributed by atoms with Crippen LogP contribution in [0.1, 0.15) is 13.3 Å². The first-order valence-corrected chi connectivity index (χ1v) is 5.30. The molecule has 0 aromatic rings. The van der Waals surface area contributed by atoms with E-state index < -0.39 is 30.7 Å². The van der Waals surface area contributed by atoms with Crippen LogP contribution in [0.4, 0.5) is 17.6 Å². The molecule has 106 valence electrons. The molecule has 0 unspecified atom stereocenters. The van der Waals surface area contributed by atoms with E-state index in [1.54, 1.807) is 6.92 Å². The Labute approximate surface area is 103 Å². The number of carbonyl (C=O) groups is 2. The van der Waals surface area contributed by atoms with Gasteiger partial charge in [-0.25, -0.2) is 8.78 Å². The van der Waals surface area contributed by atoms with Crippen LogP contribution in [0.5, 0.6) is 0 Å². The molecular weight excluding hydrogens is 256 g/mol. The van der Waals surface area contributed by atoms with Gasteiger partial charge < -0.3 is 9.80 Å². The molecule has 0 aromatic heterocycles. The van der Waals surface area contributed by atoms with Crippen molar-refractivity contribution in [2.75, 3.05) is 27.2 Å². The molecule has 0 N–H and O–H groups in total. The van der Waals surface area contributed by atoms with Crippen molar-refractivity contribution in [3.8, 4) is 0 Å². The van der Waals surface area contributed by atoms with E-state index in [9.17, 15) is 27.2 Å². The summed E-state index contributed by atoms with van der Waals surface area (Å²) in [4.78, 5) is 24.2. The van der Waals surface area contributed by atoms with Crippen LogP contribution in [0.2, 0.25) is 0 Å². The summed E-state index contributed by atoms with van der Waals surface area (Å²) < 4.78 is 49.9. The number of hydrogen-bond acceptors (Lipinski definition) is 2. The van der Waals surface area contributed by atoms with Crippen molar-refractivity contribution in [1.29, 1.82) is 0 Å². The van der Waals surface area contributed by atoms with Crippen molar-refractivity contribution in [2.45, 2.75) is 25.7 Å². The maximum absolute atomic E-state index is 12.9. The predicted molar refractivity (Wildman–Crippen MR) is 56.5 cm³/mol. The minimum Gasteiger partial charge on any atom is -0.347 e. The summed E-state index contributed by atoms with van der Waals surface area (Å²) in [7, 11) is 2.75. The SMILES string of the molecule is CCCN(CC(=O)N(C)C)C(=O)C(F)(F)C(F)F.